The van der Waals surface area contributed by atoms with Gasteiger partial charge in [-0.1, -0.05) is 20.3 Å². The maximum Gasteiger partial charge on any atom is 0.303 e. The number of rotatable bonds is 6. The summed E-state index contributed by atoms with van der Waals surface area (Å²) in [5.74, 6) is -0.532. The van der Waals surface area contributed by atoms with Crippen LogP contribution in [0.4, 0.5) is 0 Å². The molecular formula is C9H19NO2. The van der Waals surface area contributed by atoms with Gasteiger partial charge in [0.15, 0.2) is 0 Å². The Morgan fingerprint density at radius 2 is 2.17 bits per heavy atom. The van der Waals surface area contributed by atoms with E-state index in [9.17, 15) is 4.79 Å². The van der Waals surface area contributed by atoms with Crippen molar-refractivity contribution >= 4 is 5.97 Å². The second kappa shape index (κ2) is 6.00. The van der Waals surface area contributed by atoms with E-state index in [1.807, 2.05) is 6.92 Å². The van der Waals surface area contributed by atoms with E-state index >= 15 is 0 Å². The molecule has 0 amide bonds. The first-order valence-electron chi connectivity index (χ1n) is 4.53. The van der Waals surface area contributed by atoms with Crippen molar-refractivity contribution in [1.29, 1.82) is 0 Å². The number of carboxylic acids is 1. The molecule has 0 aliphatic rings. The lowest BCUT2D eigenvalue weighted by molar-refractivity contribution is -0.138. The predicted molar refractivity (Wildman–Crippen MR) is 48.9 cm³/mol. The van der Waals surface area contributed by atoms with Crippen molar-refractivity contribution in [2.45, 2.75) is 45.6 Å². The van der Waals surface area contributed by atoms with Crippen LogP contribution in [-0.2, 0) is 4.79 Å². The molecule has 0 bridgehead atoms. The second-order valence-electron chi connectivity index (χ2n) is 3.49. The van der Waals surface area contributed by atoms with Gasteiger partial charge in [0.2, 0.25) is 0 Å². The summed E-state index contributed by atoms with van der Waals surface area (Å²) in [5.41, 5.74) is 5.77. The highest BCUT2D eigenvalue weighted by atomic mass is 16.4. The molecule has 72 valence electrons. The number of carbonyl (C=O) groups is 1. The third-order valence-electron chi connectivity index (χ3n) is 1.89. The fraction of sp³-hybridized carbons (Fsp3) is 0.889. The first-order chi connectivity index (χ1) is 5.56. The Morgan fingerprint density at radius 3 is 2.58 bits per heavy atom. The molecule has 3 heteroatoms. The van der Waals surface area contributed by atoms with E-state index in [0.717, 1.165) is 19.3 Å². The normalized spacial score (nSPS) is 15.6. The van der Waals surface area contributed by atoms with Crippen molar-refractivity contribution < 1.29 is 9.90 Å². The molecule has 0 unspecified atom stereocenters. The lowest BCUT2D eigenvalue weighted by Gasteiger charge is -2.14. The second-order valence-corrected chi connectivity index (χ2v) is 3.49. The summed E-state index contributed by atoms with van der Waals surface area (Å²) in [5, 5.41) is 8.49. The van der Waals surface area contributed by atoms with Crippen molar-refractivity contribution in [3.63, 3.8) is 0 Å². The Labute approximate surface area is 74.0 Å². The van der Waals surface area contributed by atoms with Crippen LogP contribution >= 0.6 is 0 Å². The zero-order valence-electron chi connectivity index (χ0n) is 7.92. The number of nitrogens with two attached hydrogens (primary N) is 1. The molecule has 0 aliphatic heterocycles. The zero-order valence-corrected chi connectivity index (χ0v) is 7.92. The van der Waals surface area contributed by atoms with Crippen molar-refractivity contribution in [2.24, 2.45) is 11.7 Å². The van der Waals surface area contributed by atoms with Gasteiger partial charge < -0.3 is 10.8 Å². The van der Waals surface area contributed by atoms with Crippen LogP contribution in [0.25, 0.3) is 0 Å². The summed E-state index contributed by atoms with van der Waals surface area (Å²) in [7, 11) is 0. The predicted octanol–water partition coefficient (Wildman–Crippen LogP) is 1.61. The molecule has 0 spiro atoms. The molecule has 3 N–H and O–H groups in total. The summed E-state index contributed by atoms with van der Waals surface area (Å²) in [6.07, 6.45) is 3.11. The Morgan fingerprint density at radius 1 is 1.58 bits per heavy atom. The SMILES string of the molecule is CCC[C@@H](N)C[C@@H](C)CC(=O)O. The molecule has 0 heterocycles. The van der Waals surface area contributed by atoms with Gasteiger partial charge in [0.1, 0.15) is 0 Å². The van der Waals surface area contributed by atoms with E-state index in [-0.39, 0.29) is 18.4 Å². The maximum absolute atomic E-state index is 10.3. The van der Waals surface area contributed by atoms with Crippen molar-refractivity contribution in [2.75, 3.05) is 0 Å². The third kappa shape index (κ3) is 6.16. The molecule has 3 nitrogen and oxygen atoms in total. The molecule has 2 atom stereocenters. The summed E-state index contributed by atoms with van der Waals surface area (Å²) in [6.45, 7) is 4.02. The Balaban J connectivity index is 3.53. The van der Waals surface area contributed by atoms with Gasteiger partial charge in [0, 0.05) is 12.5 Å². The number of aliphatic carboxylic acids is 1. The molecule has 0 saturated heterocycles. The van der Waals surface area contributed by atoms with Crippen molar-refractivity contribution in [1.82, 2.24) is 0 Å². The highest BCUT2D eigenvalue weighted by Crippen LogP contribution is 2.11. The standard InChI is InChI=1S/C9H19NO2/c1-3-4-8(10)5-7(2)6-9(11)12/h7-8H,3-6,10H2,1-2H3,(H,11,12)/t7-,8-/m1/s1. The van der Waals surface area contributed by atoms with Gasteiger partial charge in [-0.15, -0.1) is 0 Å². The van der Waals surface area contributed by atoms with Crippen molar-refractivity contribution in [3.05, 3.63) is 0 Å². The van der Waals surface area contributed by atoms with Gasteiger partial charge in [0.05, 0.1) is 0 Å². The summed E-state index contributed by atoms with van der Waals surface area (Å²) in [4.78, 5) is 10.3. The van der Waals surface area contributed by atoms with Crippen LogP contribution in [0.15, 0.2) is 0 Å². The largest absolute Gasteiger partial charge is 0.481 e. The van der Waals surface area contributed by atoms with E-state index in [4.69, 9.17) is 10.8 Å². The quantitative estimate of drug-likeness (QED) is 0.641. The van der Waals surface area contributed by atoms with Crippen LogP contribution in [0.2, 0.25) is 0 Å². The van der Waals surface area contributed by atoms with Crippen LogP contribution in [0.5, 0.6) is 0 Å². The van der Waals surface area contributed by atoms with E-state index in [1.165, 1.54) is 0 Å². The third-order valence-corrected chi connectivity index (χ3v) is 1.89. The van der Waals surface area contributed by atoms with Gasteiger partial charge in [-0.25, -0.2) is 0 Å². The minimum absolute atomic E-state index is 0.171. The van der Waals surface area contributed by atoms with Gasteiger partial charge in [-0.3, -0.25) is 4.79 Å². The number of hydrogen-bond donors (Lipinski definition) is 2. The monoisotopic (exact) mass is 173 g/mol. The molecule has 0 fully saturated rings. The van der Waals surface area contributed by atoms with E-state index in [0.29, 0.717) is 0 Å². The number of hydrogen-bond acceptors (Lipinski definition) is 2. The van der Waals surface area contributed by atoms with Crippen LogP contribution < -0.4 is 5.73 Å². The number of carboxylic acid groups (broad SMARTS) is 1. The van der Waals surface area contributed by atoms with Gasteiger partial charge in [0.25, 0.3) is 0 Å². The first-order valence-corrected chi connectivity index (χ1v) is 4.53. The summed E-state index contributed by atoms with van der Waals surface area (Å²) in [6, 6.07) is 0.171. The molecule has 0 aliphatic carbocycles. The Kier molecular flexibility index (Phi) is 5.72. The van der Waals surface area contributed by atoms with Gasteiger partial charge in [-0.05, 0) is 18.8 Å². The molecule has 0 aromatic rings. The highest BCUT2D eigenvalue weighted by Gasteiger charge is 2.11. The maximum atomic E-state index is 10.3. The average molecular weight is 173 g/mol. The molecule has 0 rings (SSSR count). The topological polar surface area (TPSA) is 63.3 Å². The molecule has 0 aromatic heterocycles. The Bertz CT molecular complexity index is 136. The lowest BCUT2D eigenvalue weighted by Crippen LogP contribution is -2.23. The fourth-order valence-corrected chi connectivity index (χ4v) is 1.39. The molecule has 12 heavy (non-hydrogen) atoms. The summed E-state index contributed by atoms with van der Waals surface area (Å²) >= 11 is 0. The lowest BCUT2D eigenvalue weighted by atomic mass is 9.97. The highest BCUT2D eigenvalue weighted by molar-refractivity contribution is 5.66. The average Bonchev–Trinajstić information content (AvgIpc) is 1.84. The molecule has 0 aromatic carbocycles. The van der Waals surface area contributed by atoms with E-state index in [1.54, 1.807) is 0 Å². The minimum Gasteiger partial charge on any atom is -0.481 e. The minimum atomic E-state index is -0.730. The smallest absolute Gasteiger partial charge is 0.303 e. The van der Waals surface area contributed by atoms with Crippen LogP contribution in [0.1, 0.15) is 39.5 Å². The van der Waals surface area contributed by atoms with Crippen LogP contribution in [-0.4, -0.2) is 17.1 Å². The fourth-order valence-electron chi connectivity index (χ4n) is 1.39. The summed E-state index contributed by atoms with van der Waals surface area (Å²) < 4.78 is 0. The first kappa shape index (κ1) is 11.4. The Hall–Kier alpha value is -0.570. The molecule has 0 saturated carbocycles. The zero-order chi connectivity index (χ0) is 9.56. The van der Waals surface area contributed by atoms with E-state index < -0.39 is 5.97 Å². The van der Waals surface area contributed by atoms with Crippen LogP contribution in [0.3, 0.4) is 0 Å². The van der Waals surface area contributed by atoms with Crippen LogP contribution in [0, 0.1) is 5.92 Å². The van der Waals surface area contributed by atoms with Crippen molar-refractivity contribution in [3.8, 4) is 0 Å². The van der Waals surface area contributed by atoms with Gasteiger partial charge in [-0.2, -0.15) is 0 Å². The molecule has 0 radical (unpaired) electrons. The molecular weight excluding hydrogens is 154 g/mol. The van der Waals surface area contributed by atoms with E-state index in [2.05, 4.69) is 6.92 Å². The van der Waals surface area contributed by atoms with Gasteiger partial charge >= 0.3 is 5.97 Å².